The molecule has 1 saturated heterocycles. The molecule has 0 aliphatic carbocycles. The number of urea groups is 1. The summed E-state index contributed by atoms with van der Waals surface area (Å²) >= 11 is 0. The Balaban J connectivity index is 1.62. The van der Waals surface area contributed by atoms with Gasteiger partial charge in [-0.3, -0.25) is 4.68 Å². The Kier molecular flexibility index (Phi) is 4.31. The first-order valence-electron chi connectivity index (χ1n) is 7.94. The van der Waals surface area contributed by atoms with Crippen molar-refractivity contribution in [2.24, 2.45) is 7.05 Å². The lowest BCUT2D eigenvalue weighted by molar-refractivity contribution is 0.160. The lowest BCUT2D eigenvalue weighted by atomic mass is 10.1. The van der Waals surface area contributed by atoms with E-state index in [2.05, 4.69) is 20.5 Å². The number of aryl methyl sites for hydroxylation is 1. The van der Waals surface area contributed by atoms with Gasteiger partial charge < -0.3 is 10.2 Å². The molecule has 8 heteroatoms. The third-order valence-corrected chi connectivity index (χ3v) is 4.57. The summed E-state index contributed by atoms with van der Waals surface area (Å²) in [5, 5.41) is 11.5. The number of aromatic nitrogens is 5. The number of hydrogen-bond donors (Lipinski definition) is 1. The number of piperidine rings is 1. The number of amides is 2. The van der Waals surface area contributed by atoms with Gasteiger partial charge in [-0.25, -0.2) is 14.5 Å². The van der Waals surface area contributed by atoms with Crippen LogP contribution >= 0.6 is 0 Å². The van der Waals surface area contributed by atoms with Crippen LogP contribution in [0.1, 0.15) is 43.1 Å². The van der Waals surface area contributed by atoms with Crippen molar-refractivity contribution in [3.05, 3.63) is 30.1 Å². The molecule has 2 aromatic heterocycles. The minimum Gasteiger partial charge on any atom is -0.331 e. The molecule has 2 amide bonds. The van der Waals surface area contributed by atoms with Crippen molar-refractivity contribution in [1.29, 1.82) is 0 Å². The third-order valence-electron chi connectivity index (χ3n) is 4.57. The van der Waals surface area contributed by atoms with Gasteiger partial charge in [0.1, 0.15) is 12.7 Å². The molecule has 124 valence electrons. The summed E-state index contributed by atoms with van der Waals surface area (Å²) in [5.74, 6) is 0. The van der Waals surface area contributed by atoms with E-state index in [-0.39, 0.29) is 18.1 Å². The van der Waals surface area contributed by atoms with Crippen LogP contribution in [-0.2, 0) is 7.05 Å². The lowest BCUT2D eigenvalue weighted by Crippen LogP contribution is -2.46. The molecular formula is C15H23N7O. The van der Waals surface area contributed by atoms with Gasteiger partial charge in [-0.15, -0.1) is 0 Å². The van der Waals surface area contributed by atoms with E-state index in [1.807, 2.05) is 41.4 Å². The molecule has 0 radical (unpaired) electrons. The number of hydrogen-bond acceptors (Lipinski definition) is 4. The molecule has 0 saturated carbocycles. The monoisotopic (exact) mass is 317 g/mol. The normalized spacial score (nSPS) is 19.6. The molecule has 3 rings (SSSR count). The molecule has 1 aliphatic rings. The van der Waals surface area contributed by atoms with E-state index in [0.29, 0.717) is 6.54 Å². The molecule has 1 fully saturated rings. The van der Waals surface area contributed by atoms with Gasteiger partial charge in [0.25, 0.3) is 0 Å². The molecule has 23 heavy (non-hydrogen) atoms. The number of nitrogens with zero attached hydrogens (tertiary/aromatic N) is 6. The van der Waals surface area contributed by atoms with Crippen molar-refractivity contribution in [2.75, 3.05) is 13.1 Å². The zero-order valence-corrected chi connectivity index (χ0v) is 13.8. The third kappa shape index (κ3) is 3.20. The molecule has 0 unspecified atom stereocenters. The Morgan fingerprint density at radius 1 is 1.43 bits per heavy atom. The molecule has 1 N–H and O–H groups in total. The summed E-state index contributed by atoms with van der Waals surface area (Å²) < 4.78 is 3.66. The average molecular weight is 317 g/mol. The number of carbonyl (C=O) groups is 1. The van der Waals surface area contributed by atoms with E-state index in [4.69, 9.17) is 0 Å². The maximum atomic E-state index is 12.6. The van der Waals surface area contributed by atoms with Crippen molar-refractivity contribution in [3.63, 3.8) is 0 Å². The second kappa shape index (κ2) is 6.39. The number of carbonyl (C=O) groups excluding carboxylic acids is 1. The van der Waals surface area contributed by atoms with Gasteiger partial charge in [0.2, 0.25) is 0 Å². The second-order valence-electron chi connectivity index (χ2n) is 6.10. The fraction of sp³-hybridized carbons (Fsp3) is 0.600. The topological polar surface area (TPSA) is 80.9 Å². The van der Waals surface area contributed by atoms with Crippen molar-refractivity contribution in [1.82, 2.24) is 34.8 Å². The van der Waals surface area contributed by atoms with Crippen molar-refractivity contribution in [2.45, 2.75) is 38.8 Å². The Labute approximate surface area is 135 Å². The maximum Gasteiger partial charge on any atom is 0.317 e. The van der Waals surface area contributed by atoms with Crippen LogP contribution in [0.3, 0.4) is 0 Å². The highest BCUT2D eigenvalue weighted by molar-refractivity contribution is 5.74. The second-order valence-corrected chi connectivity index (χ2v) is 6.10. The SMILES string of the molecule is Cc1c([C@@H](C)NC(=O)N2CCC[C@H](n3cncn3)C2)cnn1C. The van der Waals surface area contributed by atoms with E-state index in [1.165, 1.54) is 6.33 Å². The Morgan fingerprint density at radius 2 is 2.26 bits per heavy atom. The van der Waals surface area contributed by atoms with Crippen molar-refractivity contribution >= 4 is 6.03 Å². The molecule has 3 heterocycles. The van der Waals surface area contributed by atoms with Gasteiger partial charge in [-0.1, -0.05) is 0 Å². The van der Waals surface area contributed by atoms with Crippen LogP contribution in [0.4, 0.5) is 4.79 Å². The van der Waals surface area contributed by atoms with Crippen LogP contribution in [0.25, 0.3) is 0 Å². The smallest absolute Gasteiger partial charge is 0.317 e. The molecule has 8 nitrogen and oxygen atoms in total. The standard InChI is InChI=1S/C15H23N7O/c1-11(14-7-17-20(3)12(14)2)19-15(23)21-6-4-5-13(8-21)22-10-16-9-18-22/h7,9-11,13H,4-6,8H2,1-3H3,(H,19,23)/t11-,13+/m1/s1. The fourth-order valence-corrected chi connectivity index (χ4v) is 3.06. The highest BCUT2D eigenvalue weighted by Crippen LogP contribution is 2.21. The zero-order valence-electron chi connectivity index (χ0n) is 13.8. The van der Waals surface area contributed by atoms with E-state index in [0.717, 1.165) is 30.6 Å². The van der Waals surface area contributed by atoms with Crippen LogP contribution < -0.4 is 5.32 Å². The zero-order chi connectivity index (χ0) is 16.4. The minimum absolute atomic E-state index is 0.0365. The fourth-order valence-electron chi connectivity index (χ4n) is 3.06. The van der Waals surface area contributed by atoms with Crippen molar-refractivity contribution < 1.29 is 4.79 Å². The molecule has 0 bridgehead atoms. The first-order valence-corrected chi connectivity index (χ1v) is 7.94. The summed E-state index contributed by atoms with van der Waals surface area (Å²) in [4.78, 5) is 18.4. The van der Waals surface area contributed by atoms with Crippen LogP contribution in [-0.4, -0.2) is 48.6 Å². The van der Waals surface area contributed by atoms with E-state index < -0.39 is 0 Å². The highest BCUT2D eigenvalue weighted by atomic mass is 16.2. The van der Waals surface area contributed by atoms with Crippen LogP contribution in [0.5, 0.6) is 0 Å². The predicted molar refractivity (Wildman–Crippen MR) is 84.8 cm³/mol. The quantitative estimate of drug-likeness (QED) is 0.928. The Morgan fingerprint density at radius 3 is 2.91 bits per heavy atom. The molecule has 1 aliphatic heterocycles. The van der Waals surface area contributed by atoms with E-state index in [9.17, 15) is 4.79 Å². The molecular weight excluding hydrogens is 294 g/mol. The molecule has 0 aromatic carbocycles. The lowest BCUT2D eigenvalue weighted by Gasteiger charge is -2.33. The van der Waals surface area contributed by atoms with E-state index in [1.54, 1.807) is 6.33 Å². The van der Waals surface area contributed by atoms with Crippen molar-refractivity contribution in [3.8, 4) is 0 Å². The van der Waals surface area contributed by atoms with Gasteiger partial charge in [0.05, 0.1) is 18.3 Å². The number of rotatable bonds is 3. The highest BCUT2D eigenvalue weighted by Gasteiger charge is 2.26. The number of nitrogens with one attached hydrogen (secondary N) is 1. The number of likely N-dealkylation sites (tertiary alicyclic amines) is 1. The summed E-state index contributed by atoms with van der Waals surface area (Å²) in [5.41, 5.74) is 2.11. The van der Waals surface area contributed by atoms with Crippen LogP contribution in [0, 0.1) is 6.92 Å². The summed E-state index contributed by atoms with van der Waals surface area (Å²) in [6.45, 7) is 5.43. The van der Waals surface area contributed by atoms with Gasteiger partial charge in [-0.2, -0.15) is 10.2 Å². The molecule has 2 aromatic rings. The van der Waals surface area contributed by atoms with E-state index >= 15 is 0 Å². The first kappa shape index (κ1) is 15.5. The van der Waals surface area contributed by atoms with Crippen LogP contribution in [0.2, 0.25) is 0 Å². The van der Waals surface area contributed by atoms with Gasteiger partial charge in [-0.05, 0) is 26.7 Å². The summed E-state index contributed by atoms with van der Waals surface area (Å²) in [7, 11) is 1.90. The van der Waals surface area contributed by atoms with Crippen LogP contribution in [0.15, 0.2) is 18.9 Å². The minimum atomic E-state index is -0.0667. The Bertz CT molecular complexity index is 663. The van der Waals surface area contributed by atoms with Gasteiger partial charge in [0, 0.05) is 31.4 Å². The van der Waals surface area contributed by atoms with Gasteiger partial charge in [0.15, 0.2) is 0 Å². The maximum absolute atomic E-state index is 12.6. The largest absolute Gasteiger partial charge is 0.331 e. The average Bonchev–Trinajstić information content (AvgIpc) is 3.19. The molecule has 2 atom stereocenters. The summed E-state index contributed by atoms with van der Waals surface area (Å²) in [6.07, 6.45) is 7.05. The van der Waals surface area contributed by atoms with Gasteiger partial charge >= 0.3 is 6.03 Å². The Hall–Kier alpha value is -2.38. The molecule has 0 spiro atoms. The summed E-state index contributed by atoms with van der Waals surface area (Å²) in [6, 6.07) is 0.0981. The predicted octanol–water partition coefficient (Wildman–Crippen LogP) is 1.43. The first-order chi connectivity index (χ1) is 11.1.